The van der Waals surface area contributed by atoms with Crippen molar-refractivity contribution < 1.29 is 10.2 Å². The van der Waals surface area contributed by atoms with E-state index < -0.39 is 0 Å². The fraction of sp³-hybridized carbons (Fsp3) is 0.125. The van der Waals surface area contributed by atoms with Crippen LogP contribution in [-0.4, -0.2) is 10.2 Å². The minimum Gasteiger partial charge on any atom is -0.508 e. The highest BCUT2D eigenvalue weighted by atomic mass is 16.3. The van der Waals surface area contributed by atoms with Crippen LogP contribution in [0.3, 0.4) is 0 Å². The van der Waals surface area contributed by atoms with Gasteiger partial charge < -0.3 is 10.2 Å². The zero-order chi connectivity index (χ0) is 13.1. The zero-order valence-corrected chi connectivity index (χ0v) is 10.3. The average molecular weight is 240 g/mol. The number of allylic oxidation sites excluding steroid dienone is 1. The third kappa shape index (κ3) is 2.54. The van der Waals surface area contributed by atoms with Crippen molar-refractivity contribution >= 4 is 5.57 Å². The number of rotatable bonds is 3. The van der Waals surface area contributed by atoms with Gasteiger partial charge in [-0.1, -0.05) is 37.8 Å². The van der Waals surface area contributed by atoms with E-state index in [1.165, 1.54) is 0 Å². The summed E-state index contributed by atoms with van der Waals surface area (Å²) in [6.45, 7) is 6.18. The third-order valence-electron chi connectivity index (χ3n) is 3.15. The van der Waals surface area contributed by atoms with E-state index in [0.717, 1.165) is 16.7 Å². The van der Waals surface area contributed by atoms with E-state index in [-0.39, 0.29) is 17.4 Å². The molecule has 2 rings (SSSR count). The molecule has 0 heterocycles. The van der Waals surface area contributed by atoms with Gasteiger partial charge >= 0.3 is 0 Å². The van der Waals surface area contributed by atoms with Crippen molar-refractivity contribution in [2.24, 2.45) is 0 Å². The van der Waals surface area contributed by atoms with Gasteiger partial charge in [0.05, 0.1) is 0 Å². The minimum absolute atomic E-state index is 0.162. The number of phenols is 2. The number of benzene rings is 2. The van der Waals surface area contributed by atoms with Gasteiger partial charge in [0, 0.05) is 5.92 Å². The predicted molar refractivity (Wildman–Crippen MR) is 73.7 cm³/mol. The van der Waals surface area contributed by atoms with Gasteiger partial charge in [-0.25, -0.2) is 0 Å². The van der Waals surface area contributed by atoms with Gasteiger partial charge in [-0.05, 0) is 41.0 Å². The second-order valence-corrected chi connectivity index (χ2v) is 4.39. The summed E-state index contributed by atoms with van der Waals surface area (Å²) in [5.41, 5.74) is 3.10. The fourth-order valence-corrected chi connectivity index (χ4v) is 1.89. The second kappa shape index (κ2) is 4.96. The lowest BCUT2D eigenvalue weighted by atomic mass is 9.89. The van der Waals surface area contributed by atoms with E-state index in [1.807, 2.05) is 24.3 Å². The molecular weight excluding hydrogens is 224 g/mol. The number of hydrogen-bond donors (Lipinski definition) is 2. The highest BCUT2D eigenvalue weighted by Crippen LogP contribution is 2.31. The molecule has 0 fully saturated rings. The van der Waals surface area contributed by atoms with E-state index in [2.05, 4.69) is 13.5 Å². The number of phenolic OH excluding ortho intramolecular Hbond substituents is 2. The van der Waals surface area contributed by atoms with Gasteiger partial charge in [-0.2, -0.15) is 0 Å². The number of hydrogen-bond acceptors (Lipinski definition) is 2. The van der Waals surface area contributed by atoms with Crippen molar-refractivity contribution in [2.75, 3.05) is 0 Å². The molecular formula is C16H16O2. The molecule has 2 N–H and O–H groups in total. The van der Waals surface area contributed by atoms with E-state index in [4.69, 9.17) is 0 Å². The molecule has 0 saturated heterocycles. The summed E-state index contributed by atoms with van der Waals surface area (Å²) in [4.78, 5) is 0. The average Bonchev–Trinajstić information content (AvgIpc) is 2.39. The molecule has 0 saturated carbocycles. The Morgan fingerprint density at radius 1 is 0.889 bits per heavy atom. The van der Waals surface area contributed by atoms with Crippen molar-refractivity contribution in [2.45, 2.75) is 12.8 Å². The Hall–Kier alpha value is -2.22. The fourth-order valence-electron chi connectivity index (χ4n) is 1.89. The van der Waals surface area contributed by atoms with Crippen LogP contribution in [0.25, 0.3) is 5.57 Å². The van der Waals surface area contributed by atoms with Crippen molar-refractivity contribution in [1.82, 2.24) is 0 Å². The molecule has 92 valence electrons. The SMILES string of the molecule is C=C(c1ccc(O)cc1)C(C)c1ccc(O)cc1. The van der Waals surface area contributed by atoms with E-state index >= 15 is 0 Å². The van der Waals surface area contributed by atoms with Crippen LogP contribution in [0.5, 0.6) is 11.5 Å². The van der Waals surface area contributed by atoms with Gasteiger partial charge in [0.25, 0.3) is 0 Å². The van der Waals surface area contributed by atoms with Crippen molar-refractivity contribution in [3.8, 4) is 11.5 Å². The molecule has 2 heteroatoms. The van der Waals surface area contributed by atoms with Gasteiger partial charge in [0.15, 0.2) is 0 Å². The van der Waals surface area contributed by atoms with Gasteiger partial charge in [-0.15, -0.1) is 0 Å². The monoisotopic (exact) mass is 240 g/mol. The smallest absolute Gasteiger partial charge is 0.115 e. The summed E-state index contributed by atoms with van der Waals surface area (Å²) in [6.07, 6.45) is 0. The highest BCUT2D eigenvalue weighted by molar-refractivity contribution is 5.69. The second-order valence-electron chi connectivity index (χ2n) is 4.39. The van der Waals surface area contributed by atoms with Crippen LogP contribution in [0.15, 0.2) is 55.1 Å². The Bertz CT molecular complexity index is 538. The lowest BCUT2D eigenvalue weighted by molar-refractivity contribution is 0.474. The lowest BCUT2D eigenvalue weighted by Crippen LogP contribution is -1.96. The summed E-state index contributed by atoms with van der Waals surface area (Å²) >= 11 is 0. The molecule has 0 spiro atoms. The standard InChI is InChI=1S/C16H16O2/c1-11(13-3-7-15(17)8-4-13)12(2)14-5-9-16(18)10-6-14/h3-10,12,17-18H,1H2,2H3. The highest BCUT2D eigenvalue weighted by Gasteiger charge is 2.11. The third-order valence-corrected chi connectivity index (χ3v) is 3.15. The van der Waals surface area contributed by atoms with Crippen molar-refractivity contribution in [1.29, 1.82) is 0 Å². The zero-order valence-electron chi connectivity index (χ0n) is 10.3. The molecule has 0 aliphatic heterocycles. The molecule has 0 radical (unpaired) electrons. The van der Waals surface area contributed by atoms with Gasteiger partial charge in [0.2, 0.25) is 0 Å². The quantitative estimate of drug-likeness (QED) is 0.853. The molecule has 1 atom stereocenters. The molecule has 2 aromatic rings. The molecule has 2 nitrogen and oxygen atoms in total. The lowest BCUT2D eigenvalue weighted by Gasteiger charge is -2.15. The Balaban J connectivity index is 2.23. The maximum atomic E-state index is 9.27. The van der Waals surface area contributed by atoms with Crippen LogP contribution in [0.4, 0.5) is 0 Å². The first-order chi connectivity index (χ1) is 8.58. The van der Waals surface area contributed by atoms with Crippen LogP contribution >= 0.6 is 0 Å². The number of aromatic hydroxyl groups is 2. The summed E-state index contributed by atoms with van der Waals surface area (Å²) in [5.74, 6) is 0.681. The van der Waals surface area contributed by atoms with Crippen LogP contribution < -0.4 is 0 Å². The predicted octanol–water partition coefficient (Wildman–Crippen LogP) is 3.91. The summed E-state index contributed by atoms with van der Waals surface area (Å²) in [7, 11) is 0. The first-order valence-electron chi connectivity index (χ1n) is 5.85. The van der Waals surface area contributed by atoms with Crippen LogP contribution in [0.1, 0.15) is 24.0 Å². The van der Waals surface area contributed by atoms with Crippen LogP contribution in [-0.2, 0) is 0 Å². The van der Waals surface area contributed by atoms with Crippen molar-refractivity contribution in [3.63, 3.8) is 0 Å². The Morgan fingerprint density at radius 3 is 1.83 bits per heavy atom. The van der Waals surface area contributed by atoms with Crippen LogP contribution in [0, 0.1) is 0 Å². The molecule has 0 aliphatic carbocycles. The molecule has 0 amide bonds. The van der Waals surface area contributed by atoms with E-state index in [1.54, 1.807) is 24.3 Å². The Morgan fingerprint density at radius 2 is 1.33 bits per heavy atom. The first-order valence-corrected chi connectivity index (χ1v) is 5.85. The Kier molecular flexibility index (Phi) is 3.38. The summed E-state index contributed by atoms with van der Waals surface area (Å²) in [6, 6.07) is 14.2. The van der Waals surface area contributed by atoms with Gasteiger partial charge in [-0.3, -0.25) is 0 Å². The minimum atomic E-state index is 0.162. The van der Waals surface area contributed by atoms with E-state index in [0.29, 0.717) is 0 Å². The van der Waals surface area contributed by atoms with Gasteiger partial charge in [0.1, 0.15) is 11.5 Å². The maximum Gasteiger partial charge on any atom is 0.115 e. The molecule has 18 heavy (non-hydrogen) atoms. The normalized spacial score (nSPS) is 12.1. The molecule has 0 aliphatic rings. The summed E-state index contributed by atoms with van der Waals surface area (Å²) in [5, 5.41) is 18.5. The molecule has 0 aromatic heterocycles. The van der Waals surface area contributed by atoms with E-state index in [9.17, 15) is 10.2 Å². The maximum absolute atomic E-state index is 9.27. The topological polar surface area (TPSA) is 40.5 Å². The molecule has 0 bridgehead atoms. The van der Waals surface area contributed by atoms with Crippen molar-refractivity contribution in [3.05, 3.63) is 66.2 Å². The van der Waals surface area contributed by atoms with Crippen LogP contribution in [0.2, 0.25) is 0 Å². The molecule has 1 unspecified atom stereocenters. The largest absolute Gasteiger partial charge is 0.508 e. The first kappa shape index (κ1) is 12.2. The Labute approximate surface area is 107 Å². The molecule has 2 aromatic carbocycles. The summed E-state index contributed by atoms with van der Waals surface area (Å²) < 4.78 is 0.